The van der Waals surface area contributed by atoms with E-state index in [4.69, 9.17) is 4.74 Å². The molecule has 1 aromatic carbocycles. The minimum absolute atomic E-state index is 0.0941. The summed E-state index contributed by atoms with van der Waals surface area (Å²) in [6.07, 6.45) is 1.76. The Morgan fingerprint density at radius 1 is 1.35 bits per heavy atom. The smallest absolute Gasteiger partial charge is 0.407 e. The fourth-order valence-electron chi connectivity index (χ4n) is 2.50. The van der Waals surface area contributed by atoms with E-state index in [-0.39, 0.29) is 17.4 Å². The van der Waals surface area contributed by atoms with Gasteiger partial charge in [0.25, 0.3) is 0 Å². The van der Waals surface area contributed by atoms with Crippen molar-refractivity contribution in [2.45, 2.75) is 53.0 Å². The van der Waals surface area contributed by atoms with Crippen molar-refractivity contribution in [1.82, 2.24) is 5.32 Å². The molecule has 6 nitrogen and oxygen atoms in total. The third-order valence-electron chi connectivity index (χ3n) is 3.73. The van der Waals surface area contributed by atoms with Crippen LogP contribution >= 0.6 is 0 Å². The number of nitrogens with one attached hydrogen (secondary N) is 1. The minimum Gasteiger partial charge on any atom is -0.507 e. The maximum atomic E-state index is 11.7. The molecule has 0 aliphatic heterocycles. The van der Waals surface area contributed by atoms with E-state index in [1.54, 1.807) is 13.8 Å². The number of benzene rings is 1. The lowest BCUT2D eigenvalue weighted by Crippen LogP contribution is -2.35. The molecule has 1 amide bonds. The Morgan fingerprint density at radius 3 is 2.57 bits per heavy atom. The Hall–Kier alpha value is -2.24. The molecule has 23 heavy (non-hydrogen) atoms. The van der Waals surface area contributed by atoms with Gasteiger partial charge in [0, 0.05) is 6.04 Å². The van der Waals surface area contributed by atoms with Crippen LogP contribution in [0.2, 0.25) is 0 Å². The van der Waals surface area contributed by atoms with Crippen molar-refractivity contribution in [2.24, 2.45) is 0 Å². The van der Waals surface area contributed by atoms with Gasteiger partial charge in [-0.1, -0.05) is 13.3 Å². The predicted octanol–water partition coefficient (Wildman–Crippen LogP) is 3.16. The van der Waals surface area contributed by atoms with Crippen molar-refractivity contribution >= 4 is 12.1 Å². The van der Waals surface area contributed by atoms with Crippen LogP contribution in [0.15, 0.2) is 6.07 Å². The number of aryl methyl sites for hydroxylation is 1. The summed E-state index contributed by atoms with van der Waals surface area (Å²) >= 11 is 0. The van der Waals surface area contributed by atoms with Crippen molar-refractivity contribution in [1.29, 1.82) is 0 Å². The molecule has 0 heterocycles. The maximum Gasteiger partial charge on any atom is 0.407 e. The fraction of sp³-hybridized carbons (Fsp3) is 0.529. The van der Waals surface area contributed by atoms with Crippen molar-refractivity contribution in [3.8, 4) is 5.75 Å². The second-order valence-electron chi connectivity index (χ2n) is 5.74. The zero-order chi connectivity index (χ0) is 17.6. The van der Waals surface area contributed by atoms with Gasteiger partial charge in [-0.15, -0.1) is 0 Å². The molecule has 0 aromatic heterocycles. The van der Waals surface area contributed by atoms with E-state index >= 15 is 0 Å². The zero-order valence-electron chi connectivity index (χ0n) is 14.1. The Balaban J connectivity index is 2.82. The number of carboxylic acid groups (broad SMARTS) is 1. The van der Waals surface area contributed by atoms with Gasteiger partial charge >= 0.3 is 12.1 Å². The van der Waals surface area contributed by atoms with Crippen LogP contribution in [0.25, 0.3) is 0 Å². The highest BCUT2D eigenvalue weighted by Gasteiger charge is 2.20. The quantitative estimate of drug-likeness (QED) is 0.670. The van der Waals surface area contributed by atoms with Crippen molar-refractivity contribution in [3.05, 3.63) is 28.3 Å². The Kier molecular flexibility index (Phi) is 6.88. The first-order valence-electron chi connectivity index (χ1n) is 7.76. The molecule has 0 unspecified atom stereocenters. The summed E-state index contributed by atoms with van der Waals surface area (Å²) in [5.41, 5.74) is 2.02. The number of hydrogen-bond donors (Lipinski definition) is 3. The summed E-state index contributed by atoms with van der Waals surface area (Å²) in [5.74, 6) is -1.41. The van der Waals surface area contributed by atoms with Crippen LogP contribution in [0.5, 0.6) is 5.75 Å². The van der Waals surface area contributed by atoms with Gasteiger partial charge in [0.15, 0.2) is 0 Å². The average molecular weight is 323 g/mol. The Morgan fingerprint density at radius 2 is 2.00 bits per heavy atom. The summed E-state index contributed by atoms with van der Waals surface area (Å²) in [6, 6.07) is 1.23. The number of rotatable bonds is 7. The molecular formula is C17H25NO5. The maximum absolute atomic E-state index is 11.7. The van der Waals surface area contributed by atoms with Gasteiger partial charge in [-0.25, -0.2) is 9.59 Å². The third kappa shape index (κ3) is 5.16. The lowest BCUT2D eigenvalue weighted by molar-refractivity contribution is 0.0692. The summed E-state index contributed by atoms with van der Waals surface area (Å²) in [4.78, 5) is 22.9. The van der Waals surface area contributed by atoms with E-state index in [1.807, 2.05) is 13.8 Å². The first-order chi connectivity index (χ1) is 10.8. The molecule has 0 saturated carbocycles. The highest BCUT2D eigenvalue weighted by molar-refractivity contribution is 5.93. The van der Waals surface area contributed by atoms with E-state index < -0.39 is 12.1 Å². The second-order valence-corrected chi connectivity index (χ2v) is 5.74. The molecule has 1 rings (SSSR count). The zero-order valence-corrected chi connectivity index (χ0v) is 14.1. The number of ether oxygens (including phenoxy) is 1. The van der Waals surface area contributed by atoms with E-state index in [1.165, 1.54) is 6.07 Å². The third-order valence-corrected chi connectivity index (χ3v) is 3.73. The van der Waals surface area contributed by atoms with Crippen molar-refractivity contribution < 1.29 is 24.5 Å². The molecule has 0 fully saturated rings. The number of aromatic carboxylic acids is 1. The van der Waals surface area contributed by atoms with Gasteiger partial charge < -0.3 is 20.3 Å². The Labute approximate surface area is 136 Å². The van der Waals surface area contributed by atoms with Crippen LogP contribution in [0.4, 0.5) is 4.79 Å². The summed E-state index contributed by atoms with van der Waals surface area (Å²) in [5, 5.41) is 21.7. The first-order valence-corrected chi connectivity index (χ1v) is 7.76. The highest BCUT2D eigenvalue weighted by atomic mass is 16.5. The molecule has 3 N–H and O–H groups in total. The van der Waals surface area contributed by atoms with E-state index in [9.17, 15) is 19.8 Å². The fourth-order valence-corrected chi connectivity index (χ4v) is 2.50. The summed E-state index contributed by atoms with van der Waals surface area (Å²) in [7, 11) is 0. The summed E-state index contributed by atoms with van der Waals surface area (Å²) < 4.78 is 5.05. The normalized spacial score (nSPS) is 11.8. The molecule has 0 spiro atoms. The van der Waals surface area contributed by atoms with E-state index in [2.05, 4.69) is 5.32 Å². The monoisotopic (exact) mass is 323 g/mol. The summed E-state index contributed by atoms with van der Waals surface area (Å²) in [6.45, 7) is 7.70. The molecule has 128 valence electrons. The van der Waals surface area contributed by atoms with Gasteiger partial charge in [0.1, 0.15) is 11.3 Å². The topological polar surface area (TPSA) is 95.9 Å². The number of aromatic hydroxyl groups is 1. The van der Waals surface area contributed by atoms with Gasteiger partial charge in [0.05, 0.1) is 6.61 Å². The number of alkyl carbamates (subject to hydrolysis) is 1. The average Bonchev–Trinajstić information content (AvgIpc) is 2.43. The first kappa shape index (κ1) is 18.8. The van der Waals surface area contributed by atoms with Crippen molar-refractivity contribution in [3.63, 3.8) is 0 Å². The molecular weight excluding hydrogens is 298 g/mol. The standard InChI is InChI=1S/C17H25NO5/c1-5-6-7-23-17(22)18-11(3)9-13-10(2)8-14(19)15(12(13)4)16(20)21/h8,11,19H,5-7,9H2,1-4H3,(H,18,22)(H,20,21)/t11-/m1/s1. The highest BCUT2D eigenvalue weighted by Crippen LogP contribution is 2.28. The SMILES string of the molecule is CCCCOC(=O)N[C@H](C)Cc1c(C)cc(O)c(C(=O)O)c1C. The van der Waals surface area contributed by atoms with E-state index in [0.717, 1.165) is 24.0 Å². The lowest BCUT2D eigenvalue weighted by atomic mass is 9.92. The van der Waals surface area contributed by atoms with Gasteiger partial charge in [-0.2, -0.15) is 0 Å². The number of hydrogen-bond acceptors (Lipinski definition) is 4. The van der Waals surface area contributed by atoms with Crippen LogP contribution in [-0.2, 0) is 11.2 Å². The van der Waals surface area contributed by atoms with Crippen LogP contribution in [0.1, 0.15) is 53.7 Å². The number of carbonyl (C=O) groups excluding carboxylic acids is 1. The molecule has 0 bridgehead atoms. The number of carboxylic acids is 1. The molecule has 0 saturated heterocycles. The van der Waals surface area contributed by atoms with Gasteiger partial charge in [-0.3, -0.25) is 0 Å². The molecule has 1 atom stereocenters. The lowest BCUT2D eigenvalue weighted by Gasteiger charge is -2.19. The van der Waals surface area contributed by atoms with Crippen molar-refractivity contribution in [2.75, 3.05) is 6.61 Å². The number of unbranched alkanes of at least 4 members (excludes halogenated alkanes) is 1. The largest absolute Gasteiger partial charge is 0.507 e. The van der Waals surface area contributed by atoms with Crippen LogP contribution in [-0.4, -0.2) is 34.9 Å². The molecule has 0 aliphatic carbocycles. The predicted molar refractivity (Wildman–Crippen MR) is 87.1 cm³/mol. The number of carbonyl (C=O) groups is 2. The van der Waals surface area contributed by atoms with Crippen LogP contribution < -0.4 is 5.32 Å². The number of amides is 1. The van der Waals surface area contributed by atoms with E-state index in [0.29, 0.717) is 18.6 Å². The number of phenols is 1. The van der Waals surface area contributed by atoms with Gasteiger partial charge in [-0.05, 0) is 56.4 Å². The molecule has 0 aliphatic rings. The molecule has 1 aromatic rings. The van der Waals surface area contributed by atoms with Crippen LogP contribution in [0, 0.1) is 13.8 Å². The second kappa shape index (κ2) is 8.41. The van der Waals surface area contributed by atoms with Crippen LogP contribution in [0.3, 0.4) is 0 Å². The molecule has 6 heteroatoms. The molecule has 0 radical (unpaired) electrons. The minimum atomic E-state index is -1.17. The Bertz CT molecular complexity index is 583. The van der Waals surface area contributed by atoms with Gasteiger partial charge in [0.2, 0.25) is 0 Å².